The Labute approximate surface area is 127 Å². The molecule has 0 aliphatic rings. The molecule has 3 aromatic rings. The second-order valence-corrected chi connectivity index (χ2v) is 5.56. The Morgan fingerprint density at radius 1 is 1.24 bits per heavy atom. The van der Waals surface area contributed by atoms with Crippen LogP contribution in [0.3, 0.4) is 0 Å². The van der Waals surface area contributed by atoms with E-state index in [0.29, 0.717) is 11.0 Å². The maximum Gasteiger partial charge on any atom is 0.202 e. The minimum atomic E-state index is 0.466. The van der Waals surface area contributed by atoms with E-state index in [1.807, 2.05) is 16.2 Å². The highest BCUT2D eigenvalue weighted by atomic mass is 35.5. The van der Waals surface area contributed by atoms with E-state index in [2.05, 4.69) is 28.1 Å². The van der Waals surface area contributed by atoms with Gasteiger partial charge in [0.1, 0.15) is 5.52 Å². The summed E-state index contributed by atoms with van der Waals surface area (Å²) in [5.41, 5.74) is 9.67. The molecule has 0 fully saturated rings. The van der Waals surface area contributed by atoms with Crippen LogP contribution in [0.15, 0.2) is 18.3 Å². The molecule has 0 radical (unpaired) electrons. The summed E-state index contributed by atoms with van der Waals surface area (Å²) in [7, 11) is 0. The van der Waals surface area contributed by atoms with Crippen LogP contribution in [0.25, 0.3) is 11.2 Å². The fraction of sp³-hybridized carbons (Fsp3) is 0.357. The van der Waals surface area contributed by atoms with Gasteiger partial charge in [0.15, 0.2) is 5.65 Å². The predicted octanol–water partition coefficient (Wildman–Crippen LogP) is 2.57. The van der Waals surface area contributed by atoms with Crippen molar-refractivity contribution in [2.24, 2.45) is 0 Å². The monoisotopic (exact) mass is 304 g/mol. The molecule has 6 nitrogen and oxygen atoms in total. The Hall–Kier alpha value is -2.08. The van der Waals surface area contributed by atoms with Crippen LogP contribution in [0.5, 0.6) is 0 Å². The van der Waals surface area contributed by atoms with Gasteiger partial charge in [-0.3, -0.25) is 9.25 Å². The van der Waals surface area contributed by atoms with Gasteiger partial charge in [-0.25, -0.2) is 9.97 Å². The van der Waals surface area contributed by atoms with Gasteiger partial charge < -0.3 is 5.73 Å². The summed E-state index contributed by atoms with van der Waals surface area (Å²) >= 11 is 5.92. The molecule has 2 N–H and O–H groups in total. The lowest BCUT2D eigenvalue weighted by Crippen LogP contribution is -2.09. The van der Waals surface area contributed by atoms with Crippen LogP contribution in [-0.2, 0) is 13.1 Å². The number of rotatable bonds is 4. The number of hydrogen-bond acceptors (Lipinski definition) is 4. The molecule has 0 aromatic carbocycles. The van der Waals surface area contributed by atoms with E-state index in [1.165, 1.54) is 5.69 Å². The third kappa shape index (κ3) is 2.71. The first kappa shape index (κ1) is 13.9. The molecule has 0 spiro atoms. The van der Waals surface area contributed by atoms with Gasteiger partial charge in [0.05, 0.1) is 10.7 Å². The highest BCUT2D eigenvalue weighted by molar-refractivity contribution is 6.31. The number of anilines is 1. The molecule has 0 aliphatic heterocycles. The maximum atomic E-state index is 5.96. The molecule has 0 amide bonds. The molecule has 0 bridgehead atoms. The van der Waals surface area contributed by atoms with Gasteiger partial charge in [-0.2, -0.15) is 5.10 Å². The second-order valence-electron chi connectivity index (χ2n) is 5.12. The summed E-state index contributed by atoms with van der Waals surface area (Å²) in [4.78, 5) is 8.61. The Morgan fingerprint density at radius 2 is 2.05 bits per heavy atom. The molecular formula is C14H17ClN6. The fourth-order valence-corrected chi connectivity index (χ4v) is 2.66. The van der Waals surface area contributed by atoms with Crippen molar-refractivity contribution in [2.45, 2.75) is 33.4 Å². The predicted molar refractivity (Wildman–Crippen MR) is 83.3 cm³/mol. The smallest absolute Gasteiger partial charge is 0.202 e. The molecule has 3 rings (SSSR count). The van der Waals surface area contributed by atoms with Crippen LogP contribution in [-0.4, -0.2) is 24.3 Å². The lowest BCUT2D eigenvalue weighted by atomic mass is 10.3. The number of hydrogen-bond donors (Lipinski definition) is 1. The highest BCUT2D eigenvalue weighted by Crippen LogP contribution is 2.19. The molecular weight excluding hydrogens is 288 g/mol. The molecule has 7 heteroatoms. The van der Waals surface area contributed by atoms with Crippen molar-refractivity contribution in [3.63, 3.8) is 0 Å². The van der Waals surface area contributed by atoms with E-state index in [4.69, 9.17) is 17.3 Å². The molecule has 0 atom stereocenters. The number of aromatic nitrogens is 5. The van der Waals surface area contributed by atoms with Crippen LogP contribution in [0, 0.1) is 13.8 Å². The van der Waals surface area contributed by atoms with Gasteiger partial charge in [-0.15, -0.1) is 0 Å². The Morgan fingerprint density at radius 3 is 2.76 bits per heavy atom. The SMILES string of the molecule is Cc1cc(C)n(CCCn2c(N)nc3cc(Cl)cnc32)n1. The van der Waals surface area contributed by atoms with Crippen LogP contribution >= 0.6 is 11.6 Å². The topological polar surface area (TPSA) is 74.5 Å². The van der Waals surface area contributed by atoms with Crippen molar-refractivity contribution < 1.29 is 0 Å². The number of nitrogens with two attached hydrogens (primary N) is 1. The van der Waals surface area contributed by atoms with E-state index in [0.717, 1.165) is 36.4 Å². The van der Waals surface area contributed by atoms with E-state index in [-0.39, 0.29) is 0 Å². The lowest BCUT2D eigenvalue weighted by molar-refractivity contribution is 0.522. The van der Waals surface area contributed by atoms with E-state index in [1.54, 1.807) is 12.3 Å². The average molecular weight is 305 g/mol. The molecule has 0 aliphatic carbocycles. The maximum absolute atomic E-state index is 5.96. The van der Waals surface area contributed by atoms with Crippen molar-refractivity contribution in [2.75, 3.05) is 5.73 Å². The molecule has 3 aromatic heterocycles. The zero-order valence-electron chi connectivity index (χ0n) is 12.0. The summed E-state index contributed by atoms with van der Waals surface area (Å²) < 4.78 is 3.92. The number of nitrogens with zero attached hydrogens (tertiary/aromatic N) is 5. The van der Waals surface area contributed by atoms with Gasteiger partial charge in [0, 0.05) is 25.0 Å². The zero-order chi connectivity index (χ0) is 15.0. The van der Waals surface area contributed by atoms with E-state index < -0.39 is 0 Å². The summed E-state index contributed by atoms with van der Waals surface area (Å²) in [5, 5.41) is 5.02. The van der Waals surface area contributed by atoms with Gasteiger partial charge in [0.2, 0.25) is 5.95 Å². The largest absolute Gasteiger partial charge is 0.369 e. The minimum Gasteiger partial charge on any atom is -0.369 e. The quantitative estimate of drug-likeness (QED) is 0.804. The number of halogens is 1. The highest BCUT2D eigenvalue weighted by Gasteiger charge is 2.10. The molecule has 3 heterocycles. The first-order valence-corrected chi connectivity index (χ1v) is 7.20. The second kappa shape index (κ2) is 5.37. The minimum absolute atomic E-state index is 0.466. The Bertz CT molecular complexity index is 788. The first-order valence-electron chi connectivity index (χ1n) is 6.83. The molecule has 0 unspecified atom stereocenters. The normalized spacial score (nSPS) is 11.4. The van der Waals surface area contributed by atoms with Gasteiger partial charge >= 0.3 is 0 Å². The Kier molecular flexibility index (Phi) is 3.55. The van der Waals surface area contributed by atoms with Crippen molar-refractivity contribution in [1.82, 2.24) is 24.3 Å². The average Bonchev–Trinajstić information content (AvgIpc) is 2.89. The zero-order valence-corrected chi connectivity index (χ0v) is 12.8. The summed E-state index contributed by atoms with van der Waals surface area (Å²) in [5.74, 6) is 0.466. The van der Waals surface area contributed by atoms with E-state index in [9.17, 15) is 0 Å². The third-order valence-electron chi connectivity index (χ3n) is 3.44. The van der Waals surface area contributed by atoms with Crippen LogP contribution in [0.4, 0.5) is 5.95 Å². The number of aryl methyl sites for hydroxylation is 4. The Balaban J connectivity index is 1.76. The van der Waals surface area contributed by atoms with E-state index >= 15 is 0 Å². The van der Waals surface area contributed by atoms with Crippen LogP contribution < -0.4 is 5.73 Å². The summed E-state index contributed by atoms with van der Waals surface area (Å²) in [6, 6.07) is 3.85. The van der Waals surface area contributed by atoms with Crippen molar-refractivity contribution >= 4 is 28.7 Å². The van der Waals surface area contributed by atoms with Gasteiger partial charge in [-0.1, -0.05) is 11.6 Å². The molecule has 110 valence electrons. The third-order valence-corrected chi connectivity index (χ3v) is 3.64. The van der Waals surface area contributed by atoms with Crippen LogP contribution in [0.1, 0.15) is 17.8 Å². The van der Waals surface area contributed by atoms with Crippen molar-refractivity contribution in [3.05, 3.63) is 34.7 Å². The van der Waals surface area contributed by atoms with Crippen LogP contribution in [0.2, 0.25) is 5.02 Å². The molecule has 0 saturated heterocycles. The number of imidazole rings is 1. The lowest BCUT2D eigenvalue weighted by Gasteiger charge is -2.07. The van der Waals surface area contributed by atoms with Gasteiger partial charge in [0.25, 0.3) is 0 Å². The van der Waals surface area contributed by atoms with Gasteiger partial charge in [-0.05, 0) is 32.4 Å². The fourth-order valence-electron chi connectivity index (χ4n) is 2.50. The summed E-state index contributed by atoms with van der Waals surface area (Å²) in [6.07, 6.45) is 2.52. The molecule has 21 heavy (non-hydrogen) atoms. The summed E-state index contributed by atoms with van der Waals surface area (Å²) in [6.45, 7) is 5.64. The number of nitrogen functional groups attached to an aromatic ring is 1. The first-order chi connectivity index (χ1) is 10.0. The standard InChI is InChI=1S/C14H17ClN6/c1-9-6-10(2)21(19-9)5-3-4-20-13-12(18-14(20)16)7-11(15)8-17-13/h6-8H,3-5H2,1-2H3,(H2,16,18). The molecule has 0 saturated carbocycles. The number of fused-ring (bicyclic) bond motifs is 1. The van der Waals surface area contributed by atoms with Crippen molar-refractivity contribution in [3.8, 4) is 0 Å². The van der Waals surface area contributed by atoms with Crippen molar-refractivity contribution in [1.29, 1.82) is 0 Å². The number of pyridine rings is 1.